The number of nitro groups is 1. The number of amides is 3. The third kappa shape index (κ3) is 5.16. The molecule has 1 fully saturated rings. The smallest absolute Gasteiger partial charge is 0.342 e. The molecule has 2 N–H and O–H groups in total. The number of non-ortho nitro benzene ring substituents is 1. The van der Waals surface area contributed by atoms with Crippen LogP contribution >= 0.6 is 0 Å². The van der Waals surface area contributed by atoms with E-state index < -0.39 is 29.4 Å². The molecule has 1 aromatic carbocycles. The van der Waals surface area contributed by atoms with Gasteiger partial charge in [0.2, 0.25) is 0 Å². The summed E-state index contributed by atoms with van der Waals surface area (Å²) in [6.45, 7) is -0.706. The molecule has 0 aromatic heterocycles. The molecule has 0 spiro atoms. The van der Waals surface area contributed by atoms with Crippen molar-refractivity contribution in [3.8, 4) is 5.75 Å². The molecule has 140 valence electrons. The van der Waals surface area contributed by atoms with E-state index >= 15 is 0 Å². The Morgan fingerprint density at radius 3 is 2.58 bits per heavy atom. The number of hydrogen-bond acceptors (Lipinski definition) is 7. The van der Waals surface area contributed by atoms with E-state index in [4.69, 9.17) is 9.47 Å². The quantitative estimate of drug-likeness (QED) is 0.443. The molecule has 0 unspecified atom stereocenters. The van der Waals surface area contributed by atoms with Crippen LogP contribution in [0.2, 0.25) is 0 Å². The van der Waals surface area contributed by atoms with Crippen LogP contribution in [0.3, 0.4) is 0 Å². The van der Waals surface area contributed by atoms with Gasteiger partial charge in [0.15, 0.2) is 6.61 Å². The summed E-state index contributed by atoms with van der Waals surface area (Å²) in [5.74, 6) is -1.71. The van der Waals surface area contributed by atoms with E-state index in [0.29, 0.717) is 0 Å². The first kappa shape index (κ1) is 19.2. The molecular weight excluding hydrogens is 346 g/mol. The first-order valence-electron chi connectivity index (χ1n) is 8.00. The fourth-order valence-electron chi connectivity index (χ4n) is 2.63. The number of nitrogens with one attached hydrogen (secondary N) is 2. The molecular formula is C16H19N3O7. The van der Waals surface area contributed by atoms with Gasteiger partial charge in [0.1, 0.15) is 11.3 Å². The second-order valence-corrected chi connectivity index (χ2v) is 5.72. The van der Waals surface area contributed by atoms with Crippen LogP contribution in [-0.4, -0.2) is 42.6 Å². The van der Waals surface area contributed by atoms with Crippen LogP contribution in [0.5, 0.6) is 5.75 Å². The van der Waals surface area contributed by atoms with E-state index in [1.54, 1.807) is 0 Å². The van der Waals surface area contributed by atoms with Crippen LogP contribution in [0.25, 0.3) is 0 Å². The van der Waals surface area contributed by atoms with E-state index in [-0.39, 0.29) is 23.0 Å². The lowest BCUT2D eigenvalue weighted by Crippen LogP contribution is -2.45. The number of carbonyl (C=O) groups is 3. The largest absolute Gasteiger partial charge is 0.496 e. The molecule has 1 saturated carbocycles. The maximum atomic E-state index is 12.1. The van der Waals surface area contributed by atoms with Gasteiger partial charge in [-0.25, -0.2) is 9.59 Å². The van der Waals surface area contributed by atoms with Gasteiger partial charge in [-0.2, -0.15) is 0 Å². The summed E-state index contributed by atoms with van der Waals surface area (Å²) in [6.07, 6.45) is 3.79. The summed E-state index contributed by atoms with van der Waals surface area (Å²) in [4.78, 5) is 45.6. The van der Waals surface area contributed by atoms with Crippen molar-refractivity contribution in [2.75, 3.05) is 13.7 Å². The monoisotopic (exact) mass is 365 g/mol. The number of nitrogens with zero attached hydrogens (tertiary/aromatic N) is 1. The van der Waals surface area contributed by atoms with Crippen molar-refractivity contribution in [3.63, 3.8) is 0 Å². The zero-order chi connectivity index (χ0) is 19.1. The Morgan fingerprint density at radius 1 is 1.27 bits per heavy atom. The molecule has 2 rings (SSSR count). The Hall–Kier alpha value is -3.17. The highest BCUT2D eigenvalue weighted by atomic mass is 16.6. The van der Waals surface area contributed by atoms with Gasteiger partial charge in [-0.1, -0.05) is 12.8 Å². The molecule has 26 heavy (non-hydrogen) atoms. The lowest BCUT2D eigenvalue weighted by atomic mass is 10.2. The van der Waals surface area contributed by atoms with Crippen molar-refractivity contribution in [1.29, 1.82) is 0 Å². The van der Waals surface area contributed by atoms with Crippen molar-refractivity contribution >= 4 is 23.6 Å². The van der Waals surface area contributed by atoms with E-state index in [0.717, 1.165) is 31.7 Å². The van der Waals surface area contributed by atoms with Gasteiger partial charge in [0.05, 0.1) is 12.0 Å². The molecule has 0 aliphatic heterocycles. The van der Waals surface area contributed by atoms with Crippen molar-refractivity contribution in [3.05, 3.63) is 33.9 Å². The molecule has 10 heteroatoms. The second kappa shape index (κ2) is 8.79. The number of esters is 1. The van der Waals surface area contributed by atoms with E-state index in [1.807, 2.05) is 0 Å². The van der Waals surface area contributed by atoms with Crippen molar-refractivity contribution in [2.45, 2.75) is 31.7 Å². The second-order valence-electron chi connectivity index (χ2n) is 5.72. The Morgan fingerprint density at radius 2 is 1.96 bits per heavy atom. The number of imide groups is 1. The fourth-order valence-corrected chi connectivity index (χ4v) is 2.63. The predicted molar refractivity (Wildman–Crippen MR) is 88.9 cm³/mol. The summed E-state index contributed by atoms with van der Waals surface area (Å²) >= 11 is 0. The van der Waals surface area contributed by atoms with E-state index in [1.165, 1.54) is 19.2 Å². The van der Waals surface area contributed by atoms with Crippen molar-refractivity contribution in [2.24, 2.45) is 0 Å². The Bertz CT molecular complexity index is 714. The van der Waals surface area contributed by atoms with Crippen molar-refractivity contribution in [1.82, 2.24) is 10.6 Å². The molecule has 0 bridgehead atoms. The average Bonchev–Trinajstić information content (AvgIpc) is 3.11. The standard InChI is InChI=1S/C16H19N3O7/c1-25-13-7-6-11(19(23)24)8-12(13)15(21)26-9-14(20)18-16(22)17-10-4-2-3-5-10/h6-8,10H,2-5,9H2,1H3,(H2,17,18,20,22). The topological polar surface area (TPSA) is 137 Å². The van der Waals surface area contributed by atoms with Gasteiger partial charge in [0.25, 0.3) is 11.6 Å². The lowest BCUT2D eigenvalue weighted by molar-refractivity contribution is -0.384. The SMILES string of the molecule is COc1ccc([N+](=O)[O-])cc1C(=O)OCC(=O)NC(=O)NC1CCCC1. The van der Waals surface area contributed by atoms with Crippen LogP contribution in [0.1, 0.15) is 36.0 Å². The third-order valence-electron chi connectivity index (χ3n) is 3.89. The Labute approximate surface area is 149 Å². The van der Waals surface area contributed by atoms with Crippen LogP contribution in [0.4, 0.5) is 10.5 Å². The van der Waals surface area contributed by atoms with Crippen LogP contribution in [0, 0.1) is 10.1 Å². The van der Waals surface area contributed by atoms with Gasteiger partial charge < -0.3 is 14.8 Å². The maximum Gasteiger partial charge on any atom is 0.342 e. The molecule has 0 atom stereocenters. The maximum absolute atomic E-state index is 12.1. The number of carbonyl (C=O) groups excluding carboxylic acids is 3. The van der Waals surface area contributed by atoms with Crippen LogP contribution in [0.15, 0.2) is 18.2 Å². The summed E-state index contributed by atoms with van der Waals surface area (Å²) in [6, 6.07) is 2.82. The summed E-state index contributed by atoms with van der Waals surface area (Å²) < 4.78 is 9.76. The fraction of sp³-hybridized carbons (Fsp3) is 0.438. The minimum Gasteiger partial charge on any atom is -0.496 e. The summed E-state index contributed by atoms with van der Waals surface area (Å²) in [5, 5.41) is 15.5. The molecule has 1 aliphatic rings. The number of methoxy groups -OCH3 is 1. The number of urea groups is 1. The van der Waals surface area contributed by atoms with Crippen LogP contribution < -0.4 is 15.4 Å². The molecule has 0 saturated heterocycles. The zero-order valence-electron chi connectivity index (χ0n) is 14.1. The first-order valence-corrected chi connectivity index (χ1v) is 8.00. The van der Waals surface area contributed by atoms with Gasteiger partial charge in [-0.3, -0.25) is 20.2 Å². The summed E-state index contributed by atoms with van der Waals surface area (Å²) in [5.41, 5.74) is -0.511. The number of rotatable bonds is 6. The average molecular weight is 365 g/mol. The highest BCUT2D eigenvalue weighted by Gasteiger charge is 2.21. The number of benzene rings is 1. The van der Waals surface area contributed by atoms with Crippen LogP contribution in [-0.2, 0) is 9.53 Å². The number of ether oxygens (including phenoxy) is 2. The number of hydrogen-bond donors (Lipinski definition) is 2. The first-order chi connectivity index (χ1) is 12.4. The highest BCUT2D eigenvalue weighted by Crippen LogP contribution is 2.24. The molecule has 10 nitrogen and oxygen atoms in total. The molecule has 1 aromatic rings. The third-order valence-corrected chi connectivity index (χ3v) is 3.89. The van der Waals surface area contributed by atoms with Gasteiger partial charge in [0, 0.05) is 18.2 Å². The lowest BCUT2D eigenvalue weighted by Gasteiger charge is -2.12. The van der Waals surface area contributed by atoms with E-state index in [9.17, 15) is 24.5 Å². The molecule has 3 amide bonds. The zero-order valence-corrected chi connectivity index (χ0v) is 14.1. The van der Waals surface area contributed by atoms with Gasteiger partial charge in [-0.05, 0) is 18.9 Å². The number of nitro benzene ring substituents is 1. The van der Waals surface area contributed by atoms with E-state index in [2.05, 4.69) is 10.6 Å². The van der Waals surface area contributed by atoms with Gasteiger partial charge >= 0.3 is 12.0 Å². The minimum absolute atomic E-state index is 0.0412. The summed E-state index contributed by atoms with van der Waals surface area (Å²) in [7, 11) is 1.29. The van der Waals surface area contributed by atoms with Gasteiger partial charge in [-0.15, -0.1) is 0 Å². The molecule has 1 aliphatic carbocycles. The predicted octanol–water partition coefficient (Wildman–Crippen LogP) is 1.53. The highest BCUT2D eigenvalue weighted by molar-refractivity contribution is 5.98. The normalized spacial score (nSPS) is 13.7. The minimum atomic E-state index is -0.975. The van der Waals surface area contributed by atoms with Crippen molar-refractivity contribution < 1.29 is 28.8 Å². The molecule has 0 radical (unpaired) electrons. The Balaban J connectivity index is 1.89. The Kier molecular flexibility index (Phi) is 6.48. The molecule has 0 heterocycles.